The molecule has 3 aromatic carbocycles. The number of carbonyl (C=O) groups excluding carboxylic acids is 1. The Bertz CT molecular complexity index is 892. The Balaban J connectivity index is 1.65. The molecule has 138 valence electrons. The van der Waals surface area contributed by atoms with Crippen LogP contribution in [0.3, 0.4) is 0 Å². The van der Waals surface area contributed by atoms with Crippen molar-refractivity contribution in [3.8, 4) is 22.6 Å². The number of benzene rings is 3. The normalized spacial score (nSPS) is 10.4. The highest BCUT2D eigenvalue weighted by Gasteiger charge is 2.12. The third kappa shape index (κ3) is 5.18. The molecule has 0 radical (unpaired) electrons. The molecular formula is C22H19BrO4. The minimum atomic E-state index is -0.424. The van der Waals surface area contributed by atoms with Crippen molar-refractivity contribution in [2.45, 2.75) is 0 Å². The standard InChI is InChI=1S/C22H19BrO4/c1-25-13-14-26-21-12-9-18(15-20(21)23)22(24)27-19-10-7-17(8-11-19)16-5-3-2-4-6-16/h2-12,15H,13-14H2,1H3. The molecular weight excluding hydrogens is 408 g/mol. The molecule has 0 amide bonds. The van der Waals surface area contributed by atoms with Gasteiger partial charge in [0.25, 0.3) is 0 Å². The maximum atomic E-state index is 12.4. The first-order valence-electron chi connectivity index (χ1n) is 8.46. The fourth-order valence-corrected chi connectivity index (χ4v) is 2.99. The summed E-state index contributed by atoms with van der Waals surface area (Å²) >= 11 is 3.41. The van der Waals surface area contributed by atoms with Gasteiger partial charge in [-0.3, -0.25) is 0 Å². The molecule has 0 unspecified atom stereocenters. The van der Waals surface area contributed by atoms with E-state index in [4.69, 9.17) is 14.2 Å². The zero-order chi connectivity index (χ0) is 19.1. The number of halogens is 1. The van der Waals surface area contributed by atoms with Crippen LogP contribution < -0.4 is 9.47 Å². The molecule has 0 aromatic heterocycles. The number of hydrogen-bond donors (Lipinski definition) is 0. The number of methoxy groups -OCH3 is 1. The highest BCUT2D eigenvalue weighted by atomic mass is 79.9. The fraction of sp³-hybridized carbons (Fsp3) is 0.136. The van der Waals surface area contributed by atoms with E-state index >= 15 is 0 Å². The molecule has 0 spiro atoms. The second-order valence-corrected chi connectivity index (χ2v) is 6.62. The monoisotopic (exact) mass is 426 g/mol. The minimum absolute atomic E-state index is 0.424. The van der Waals surface area contributed by atoms with Gasteiger partial charge in [-0.2, -0.15) is 0 Å². The number of carbonyl (C=O) groups is 1. The number of esters is 1. The molecule has 0 saturated carbocycles. The molecule has 0 saturated heterocycles. The third-order valence-electron chi connectivity index (χ3n) is 3.88. The van der Waals surface area contributed by atoms with E-state index in [0.717, 1.165) is 11.1 Å². The van der Waals surface area contributed by atoms with Crippen molar-refractivity contribution in [2.75, 3.05) is 20.3 Å². The summed E-state index contributed by atoms with van der Waals surface area (Å²) < 4.78 is 16.7. The second kappa shape index (κ2) is 9.35. The fourth-order valence-electron chi connectivity index (χ4n) is 2.49. The van der Waals surface area contributed by atoms with Gasteiger partial charge in [0, 0.05) is 7.11 Å². The summed E-state index contributed by atoms with van der Waals surface area (Å²) in [6, 6.07) is 22.6. The lowest BCUT2D eigenvalue weighted by Gasteiger charge is -2.10. The largest absolute Gasteiger partial charge is 0.490 e. The van der Waals surface area contributed by atoms with Gasteiger partial charge in [0.15, 0.2) is 0 Å². The topological polar surface area (TPSA) is 44.8 Å². The van der Waals surface area contributed by atoms with Crippen LogP contribution in [-0.2, 0) is 4.74 Å². The van der Waals surface area contributed by atoms with E-state index in [1.807, 2.05) is 42.5 Å². The quantitative estimate of drug-likeness (QED) is 0.289. The minimum Gasteiger partial charge on any atom is -0.490 e. The van der Waals surface area contributed by atoms with Gasteiger partial charge in [0.2, 0.25) is 0 Å². The number of ether oxygens (including phenoxy) is 3. The lowest BCUT2D eigenvalue weighted by molar-refractivity contribution is 0.0734. The lowest BCUT2D eigenvalue weighted by Crippen LogP contribution is -2.09. The molecule has 3 aromatic rings. The molecule has 0 N–H and O–H groups in total. The van der Waals surface area contributed by atoms with Crippen molar-refractivity contribution < 1.29 is 19.0 Å². The summed E-state index contributed by atoms with van der Waals surface area (Å²) in [4.78, 5) is 12.4. The molecule has 27 heavy (non-hydrogen) atoms. The highest BCUT2D eigenvalue weighted by Crippen LogP contribution is 2.27. The van der Waals surface area contributed by atoms with Crippen molar-refractivity contribution >= 4 is 21.9 Å². The van der Waals surface area contributed by atoms with E-state index in [9.17, 15) is 4.79 Å². The predicted molar refractivity (Wildman–Crippen MR) is 108 cm³/mol. The van der Waals surface area contributed by atoms with Gasteiger partial charge in [-0.05, 0) is 57.4 Å². The van der Waals surface area contributed by atoms with Crippen LogP contribution in [0.25, 0.3) is 11.1 Å². The summed E-state index contributed by atoms with van der Waals surface area (Å²) in [6.45, 7) is 0.932. The Kier molecular flexibility index (Phi) is 6.63. The molecule has 5 heteroatoms. The van der Waals surface area contributed by atoms with Crippen LogP contribution >= 0.6 is 15.9 Å². The van der Waals surface area contributed by atoms with Crippen molar-refractivity contribution in [2.24, 2.45) is 0 Å². The van der Waals surface area contributed by atoms with Crippen LogP contribution in [0.4, 0.5) is 0 Å². The molecule has 0 heterocycles. The molecule has 0 bridgehead atoms. The van der Waals surface area contributed by atoms with E-state index in [-0.39, 0.29) is 0 Å². The van der Waals surface area contributed by atoms with Crippen molar-refractivity contribution in [3.63, 3.8) is 0 Å². The van der Waals surface area contributed by atoms with E-state index < -0.39 is 5.97 Å². The van der Waals surface area contributed by atoms with Crippen LogP contribution in [0.5, 0.6) is 11.5 Å². The summed E-state index contributed by atoms with van der Waals surface area (Å²) in [6.07, 6.45) is 0. The summed E-state index contributed by atoms with van der Waals surface area (Å²) in [5, 5.41) is 0. The van der Waals surface area contributed by atoms with Gasteiger partial charge in [-0.25, -0.2) is 4.79 Å². The van der Waals surface area contributed by atoms with Crippen molar-refractivity contribution in [1.29, 1.82) is 0 Å². The summed E-state index contributed by atoms with van der Waals surface area (Å²) in [5.74, 6) is 0.721. The molecule has 4 nitrogen and oxygen atoms in total. The molecule has 0 atom stereocenters. The predicted octanol–water partition coefficient (Wildman–Crippen LogP) is 5.36. The maximum Gasteiger partial charge on any atom is 0.343 e. The van der Waals surface area contributed by atoms with Gasteiger partial charge < -0.3 is 14.2 Å². The average Bonchev–Trinajstić information content (AvgIpc) is 2.70. The molecule has 0 fully saturated rings. The van der Waals surface area contributed by atoms with Crippen LogP contribution in [0.2, 0.25) is 0 Å². The van der Waals surface area contributed by atoms with Gasteiger partial charge in [0.05, 0.1) is 16.6 Å². The second-order valence-electron chi connectivity index (χ2n) is 5.77. The lowest BCUT2D eigenvalue weighted by atomic mass is 10.1. The first kappa shape index (κ1) is 19.1. The first-order chi connectivity index (χ1) is 13.2. The molecule has 3 rings (SSSR count). The number of hydrogen-bond acceptors (Lipinski definition) is 4. The summed E-state index contributed by atoms with van der Waals surface area (Å²) in [5.41, 5.74) is 2.62. The molecule has 0 aliphatic heterocycles. The number of rotatable bonds is 7. The van der Waals surface area contributed by atoms with E-state index in [0.29, 0.717) is 34.7 Å². The van der Waals surface area contributed by atoms with Gasteiger partial charge in [-0.1, -0.05) is 42.5 Å². The van der Waals surface area contributed by atoms with E-state index in [1.54, 1.807) is 37.4 Å². The smallest absolute Gasteiger partial charge is 0.343 e. The Morgan fingerprint density at radius 1 is 0.889 bits per heavy atom. The Hall–Kier alpha value is -2.63. The molecule has 0 aliphatic carbocycles. The van der Waals surface area contributed by atoms with Crippen LogP contribution in [0, 0.1) is 0 Å². The molecule has 0 aliphatic rings. The van der Waals surface area contributed by atoms with Crippen LogP contribution in [0.1, 0.15) is 10.4 Å². The van der Waals surface area contributed by atoms with Crippen LogP contribution in [0.15, 0.2) is 77.3 Å². The van der Waals surface area contributed by atoms with Crippen LogP contribution in [-0.4, -0.2) is 26.3 Å². The summed E-state index contributed by atoms with van der Waals surface area (Å²) in [7, 11) is 1.61. The maximum absolute atomic E-state index is 12.4. The van der Waals surface area contributed by atoms with E-state index in [2.05, 4.69) is 15.9 Å². The Labute approximate surface area is 166 Å². The zero-order valence-electron chi connectivity index (χ0n) is 14.9. The van der Waals surface area contributed by atoms with E-state index in [1.165, 1.54) is 0 Å². The van der Waals surface area contributed by atoms with Gasteiger partial charge in [0.1, 0.15) is 18.1 Å². The zero-order valence-corrected chi connectivity index (χ0v) is 16.4. The first-order valence-corrected chi connectivity index (χ1v) is 9.25. The SMILES string of the molecule is COCCOc1ccc(C(=O)Oc2ccc(-c3ccccc3)cc2)cc1Br. The Morgan fingerprint density at radius 2 is 1.59 bits per heavy atom. The van der Waals surface area contributed by atoms with Gasteiger partial charge in [-0.15, -0.1) is 0 Å². The average molecular weight is 427 g/mol. The Morgan fingerprint density at radius 3 is 2.26 bits per heavy atom. The highest BCUT2D eigenvalue weighted by molar-refractivity contribution is 9.10. The van der Waals surface area contributed by atoms with Crippen molar-refractivity contribution in [3.05, 3.63) is 82.8 Å². The van der Waals surface area contributed by atoms with Crippen molar-refractivity contribution in [1.82, 2.24) is 0 Å². The van der Waals surface area contributed by atoms with Gasteiger partial charge >= 0.3 is 5.97 Å². The third-order valence-corrected chi connectivity index (χ3v) is 4.50.